The maximum absolute atomic E-state index is 12.2. The van der Waals surface area contributed by atoms with Crippen LogP contribution < -0.4 is 10.0 Å². The van der Waals surface area contributed by atoms with Crippen LogP contribution in [0.1, 0.15) is 23.2 Å². The van der Waals surface area contributed by atoms with Crippen LogP contribution in [0.15, 0.2) is 19.9 Å². The molecule has 2 heterocycles. The zero-order chi connectivity index (χ0) is 14.8. The zero-order valence-corrected chi connectivity index (χ0v) is 12.2. The second-order valence-electron chi connectivity index (χ2n) is 4.22. The van der Waals surface area contributed by atoms with Gasteiger partial charge in [0.25, 0.3) is 0 Å². The van der Waals surface area contributed by atoms with Gasteiger partial charge in [-0.3, -0.25) is 0 Å². The van der Waals surface area contributed by atoms with Gasteiger partial charge in [0.05, 0.1) is 13.1 Å². The van der Waals surface area contributed by atoms with Crippen LogP contribution in [-0.4, -0.2) is 25.6 Å². The maximum Gasteiger partial charge on any atom is 0.244 e. The van der Waals surface area contributed by atoms with E-state index in [1.807, 2.05) is 0 Å². The second-order valence-corrected chi connectivity index (χ2v) is 5.96. The van der Waals surface area contributed by atoms with Crippen molar-refractivity contribution in [3.05, 3.63) is 29.3 Å². The molecule has 0 aliphatic carbocycles. The lowest BCUT2D eigenvalue weighted by Gasteiger charge is -2.02. The van der Waals surface area contributed by atoms with Gasteiger partial charge in [-0.1, -0.05) is 5.16 Å². The van der Waals surface area contributed by atoms with E-state index in [0.717, 1.165) is 0 Å². The summed E-state index contributed by atoms with van der Waals surface area (Å²) in [6.45, 7) is 3.66. The summed E-state index contributed by atoms with van der Waals surface area (Å²) in [5.41, 5.74) is 0. The van der Waals surface area contributed by atoms with E-state index < -0.39 is 10.0 Å². The van der Waals surface area contributed by atoms with Crippen LogP contribution in [0.4, 0.5) is 0 Å². The quantitative estimate of drug-likeness (QED) is 0.798. The smallest absolute Gasteiger partial charge is 0.244 e. The molecule has 0 fully saturated rings. The molecule has 0 unspecified atom stereocenters. The van der Waals surface area contributed by atoms with E-state index in [0.29, 0.717) is 23.9 Å². The predicted octanol–water partition coefficient (Wildman–Crippen LogP) is 0.477. The Balaban J connectivity index is 2.13. The van der Waals surface area contributed by atoms with Crippen molar-refractivity contribution < 1.29 is 17.4 Å². The van der Waals surface area contributed by atoms with Crippen molar-refractivity contribution in [2.45, 2.75) is 31.8 Å². The Kier molecular flexibility index (Phi) is 4.21. The molecule has 0 saturated heterocycles. The molecule has 2 rings (SSSR count). The summed E-state index contributed by atoms with van der Waals surface area (Å²) in [4.78, 5) is 4.04. The van der Waals surface area contributed by atoms with Gasteiger partial charge < -0.3 is 14.3 Å². The van der Waals surface area contributed by atoms with Crippen LogP contribution in [-0.2, 0) is 23.1 Å². The molecule has 0 saturated carbocycles. The van der Waals surface area contributed by atoms with Gasteiger partial charge in [-0.2, -0.15) is 4.98 Å². The fourth-order valence-corrected chi connectivity index (χ4v) is 2.87. The molecule has 0 aliphatic rings. The SMILES string of the molecule is CNCc1cc(S(=O)(=O)NCc2nc(C)no2)c(C)o1. The number of nitrogens with one attached hydrogen (secondary N) is 2. The normalized spacial score (nSPS) is 11.9. The van der Waals surface area contributed by atoms with Crippen LogP contribution in [0.3, 0.4) is 0 Å². The van der Waals surface area contributed by atoms with E-state index in [1.54, 1.807) is 20.9 Å². The molecule has 0 bridgehead atoms. The standard InChI is InChI=1S/C11H16N4O4S/c1-7-10(4-9(18-7)5-12-3)20(16,17)13-6-11-14-8(2)15-19-11/h4,12-13H,5-6H2,1-3H3. The molecular weight excluding hydrogens is 284 g/mol. The summed E-state index contributed by atoms with van der Waals surface area (Å²) in [5, 5.41) is 6.48. The van der Waals surface area contributed by atoms with Crippen LogP contribution in [0.2, 0.25) is 0 Å². The van der Waals surface area contributed by atoms with Gasteiger partial charge in [0.15, 0.2) is 5.82 Å². The van der Waals surface area contributed by atoms with Crippen molar-refractivity contribution in [1.82, 2.24) is 20.2 Å². The minimum absolute atomic E-state index is 0.0604. The van der Waals surface area contributed by atoms with Crippen molar-refractivity contribution in [3.63, 3.8) is 0 Å². The number of hydrogen-bond donors (Lipinski definition) is 2. The molecule has 9 heteroatoms. The summed E-state index contributed by atoms with van der Waals surface area (Å²) in [7, 11) is -1.92. The molecule has 8 nitrogen and oxygen atoms in total. The van der Waals surface area contributed by atoms with Gasteiger partial charge in [-0.15, -0.1) is 0 Å². The van der Waals surface area contributed by atoms with Gasteiger partial charge >= 0.3 is 0 Å². The minimum atomic E-state index is -3.68. The Morgan fingerprint density at radius 1 is 1.30 bits per heavy atom. The van der Waals surface area contributed by atoms with Gasteiger partial charge in [0, 0.05) is 6.07 Å². The number of aryl methyl sites for hydroxylation is 2. The fourth-order valence-electron chi connectivity index (χ4n) is 1.70. The number of nitrogens with zero attached hydrogens (tertiary/aromatic N) is 2. The first-order valence-electron chi connectivity index (χ1n) is 5.95. The highest BCUT2D eigenvalue weighted by molar-refractivity contribution is 7.89. The van der Waals surface area contributed by atoms with Gasteiger partial charge in [0.2, 0.25) is 15.9 Å². The van der Waals surface area contributed by atoms with Crippen LogP contribution in [0.5, 0.6) is 0 Å². The Bertz CT molecular complexity index is 689. The van der Waals surface area contributed by atoms with E-state index in [2.05, 4.69) is 20.2 Å². The number of furan rings is 1. The first-order valence-corrected chi connectivity index (χ1v) is 7.43. The van der Waals surface area contributed by atoms with Gasteiger partial charge in [0.1, 0.15) is 16.4 Å². The lowest BCUT2D eigenvalue weighted by Crippen LogP contribution is -2.23. The topological polar surface area (TPSA) is 110 Å². The third-order valence-corrected chi connectivity index (χ3v) is 4.06. The molecule has 2 aromatic heterocycles. The average molecular weight is 300 g/mol. The third kappa shape index (κ3) is 3.24. The zero-order valence-electron chi connectivity index (χ0n) is 11.4. The molecule has 20 heavy (non-hydrogen) atoms. The van der Waals surface area contributed by atoms with E-state index in [-0.39, 0.29) is 17.3 Å². The van der Waals surface area contributed by atoms with Crippen molar-refractivity contribution in [2.75, 3.05) is 7.05 Å². The summed E-state index contributed by atoms with van der Waals surface area (Å²) in [6, 6.07) is 1.49. The molecule has 0 aliphatic heterocycles. The predicted molar refractivity (Wildman–Crippen MR) is 69.3 cm³/mol. The number of hydrogen-bond acceptors (Lipinski definition) is 7. The summed E-state index contributed by atoms with van der Waals surface area (Å²) in [6.07, 6.45) is 0. The monoisotopic (exact) mass is 300 g/mol. The summed E-state index contributed by atoms with van der Waals surface area (Å²) >= 11 is 0. The maximum atomic E-state index is 12.2. The molecular formula is C11H16N4O4S. The van der Waals surface area contributed by atoms with E-state index in [4.69, 9.17) is 8.94 Å². The summed E-state index contributed by atoms with van der Waals surface area (Å²) < 4.78 is 36.9. The first-order chi connectivity index (χ1) is 9.42. The van der Waals surface area contributed by atoms with Crippen molar-refractivity contribution >= 4 is 10.0 Å². The lowest BCUT2D eigenvalue weighted by molar-refractivity contribution is 0.372. The van der Waals surface area contributed by atoms with E-state index in [9.17, 15) is 8.42 Å². The highest BCUT2D eigenvalue weighted by Crippen LogP contribution is 2.20. The summed E-state index contributed by atoms with van der Waals surface area (Å²) in [5.74, 6) is 1.56. The highest BCUT2D eigenvalue weighted by atomic mass is 32.2. The van der Waals surface area contributed by atoms with Crippen molar-refractivity contribution in [3.8, 4) is 0 Å². The Morgan fingerprint density at radius 3 is 2.65 bits per heavy atom. The fraction of sp³-hybridized carbons (Fsp3) is 0.455. The number of sulfonamides is 1. The van der Waals surface area contributed by atoms with Crippen molar-refractivity contribution in [1.29, 1.82) is 0 Å². The second kappa shape index (κ2) is 5.73. The molecule has 110 valence electrons. The van der Waals surface area contributed by atoms with E-state index in [1.165, 1.54) is 6.07 Å². The Labute approximate surface area is 116 Å². The lowest BCUT2D eigenvalue weighted by atomic mass is 10.4. The van der Waals surface area contributed by atoms with Gasteiger partial charge in [-0.25, -0.2) is 13.1 Å². The minimum Gasteiger partial charge on any atom is -0.464 e. The third-order valence-electron chi connectivity index (χ3n) is 2.55. The number of aromatic nitrogens is 2. The molecule has 0 spiro atoms. The van der Waals surface area contributed by atoms with Gasteiger partial charge in [-0.05, 0) is 20.9 Å². The number of rotatable bonds is 6. The largest absolute Gasteiger partial charge is 0.464 e. The average Bonchev–Trinajstić information content (AvgIpc) is 2.94. The van der Waals surface area contributed by atoms with Crippen LogP contribution >= 0.6 is 0 Å². The first kappa shape index (κ1) is 14.7. The van der Waals surface area contributed by atoms with E-state index >= 15 is 0 Å². The molecule has 0 amide bonds. The molecule has 2 aromatic rings. The Morgan fingerprint density at radius 2 is 2.05 bits per heavy atom. The Hall–Kier alpha value is -1.71. The molecule has 0 radical (unpaired) electrons. The molecule has 2 N–H and O–H groups in total. The highest BCUT2D eigenvalue weighted by Gasteiger charge is 2.21. The van der Waals surface area contributed by atoms with Crippen LogP contribution in [0.25, 0.3) is 0 Å². The van der Waals surface area contributed by atoms with Crippen LogP contribution in [0, 0.1) is 13.8 Å². The molecule has 0 atom stereocenters. The molecule has 0 aromatic carbocycles. The van der Waals surface area contributed by atoms with Crippen molar-refractivity contribution in [2.24, 2.45) is 0 Å².